The molecule has 1 aromatic rings. The van der Waals surface area contributed by atoms with E-state index in [1.165, 1.54) is 18.2 Å². The molecule has 2 aliphatic rings. The summed E-state index contributed by atoms with van der Waals surface area (Å²) in [5.41, 5.74) is 5.16. The second kappa shape index (κ2) is 6.96. The second-order valence-electron chi connectivity index (χ2n) is 6.55. The van der Waals surface area contributed by atoms with E-state index >= 15 is 0 Å². The molecule has 132 valence electrons. The van der Waals surface area contributed by atoms with Crippen LogP contribution in [-0.4, -0.2) is 54.4 Å². The first kappa shape index (κ1) is 17.6. The Bertz CT molecular complexity index is 620. The van der Waals surface area contributed by atoms with Gasteiger partial charge in [0, 0.05) is 36.5 Å². The lowest BCUT2D eigenvalue weighted by Gasteiger charge is -2.56. The molecule has 0 unspecified atom stereocenters. The molecule has 0 bridgehead atoms. The van der Waals surface area contributed by atoms with Crippen LogP contribution < -0.4 is 5.73 Å². The number of hydrogen-bond donors (Lipinski definition) is 2. The topological polar surface area (TPSA) is 75.8 Å². The molecule has 1 saturated carbocycles. The summed E-state index contributed by atoms with van der Waals surface area (Å²) >= 11 is 5.87. The summed E-state index contributed by atoms with van der Waals surface area (Å²) in [6, 6.07) is 3.98. The normalized spacial score (nSPS) is 25.6. The van der Waals surface area contributed by atoms with Gasteiger partial charge in [-0.3, -0.25) is 4.79 Å². The van der Waals surface area contributed by atoms with E-state index in [1.54, 1.807) is 4.90 Å². The number of rotatable bonds is 4. The number of piperidine rings is 1. The molecule has 2 atom stereocenters. The van der Waals surface area contributed by atoms with E-state index in [9.17, 15) is 14.3 Å². The molecule has 24 heavy (non-hydrogen) atoms. The number of hydrogen-bond acceptors (Lipinski definition) is 4. The van der Waals surface area contributed by atoms with Crippen LogP contribution >= 0.6 is 11.6 Å². The number of halogens is 2. The summed E-state index contributed by atoms with van der Waals surface area (Å²) in [6.45, 7) is 1.84. The van der Waals surface area contributed by atoms with Crippen molar-refractivity contribution >= 4 is 17.5 Å². The summed E-state index contributed by atoms with van der Waals surface area (Å²) in [4.78, 5) is 14.2. The number of carbonyl (C=O) groups is 1. The first-order chi connectivity index (χ1) is 11.5. The summed E-state index contributed by atoms with van der Waals surface area (Å²) in [5, 5.41) is 10.6. The minimum Gasteiger partial charge on any atom is -0.392 e. The van der Waals surface area contributed by atoms with Crippen LogP contribution in [0.2, 0.25) is 5.02 Å². The third-order valence-electron chi connectivity index (χ3n) is 5.32. The number of likely N-dealkylation sites (tertiary alicyclic amines) is 1. The first-order valence-corrected chi connectivity index (χ1v) is 8.60. The summed E-state index contributed by atoms with van der Waals surface area (Å²) in [6.07, 6.45) is 1.45. The van der Waals surface area contributed by atoms with Crippen LogP contribution in [0, 0.1) is 11.2 Å². The molecule has 3 rings (SSSR count). The molecule has 3 N–H and O–H groups in total. The van der Waals surface area contributed by atoms with Crippen molar-refractivity contribution in [2.24, 2.45) is 11.1 Å². The molecular formula is C17H22ClFN2O3. The summed E-state index contributed by atoms with van der Waals surface area (Å²) < 4.78 is 19.6. The molecule has 1 aliphatic heterocycles. The highest BCUT2D eigenvalue weighted by Crippen LogP contribution is 2.51. The Kier molecular flexibility index (Phi) is 5.11. The van der Waals surface area contributed by atoms with Crippen LogP contribution in [0.3, 0.4) is 0 Å². The average molecular weight is 357 g/mol. The van der Waals surface area contributed by atoms with E-state index in [4.69, 9.17) is 22.1 Å². The van der Waals surface area contributed by atoms with Crippen molar-refractivity contribution in [3.63, 3.8) is 0 Å². The van der Waals surface area contributed by atoms with Crippen molar-refractivity contribution in [1.82, 2.24) is 4.90 Å². The van der Waals surface area contributed by atoms with Gasteiger partial charge >= 0.3 is 0 Å². The molecule has 2 fully saturated rings. The van der Waals surface area contributed by atoms with Gasteiger partial charge in [0.05, 0.1) is 24.4 Å². The third-order valence-corrected chi connectivity index (χ3v) is 5.55. The smallest absolute Gasteiger partial charge is 0.256 e. The van der Waals surface area contributed by atoms with Gasteiger partial charge in [0.25, 0.3) is 5.91 Å². The molecule has 1 spiro atoms. The Hall–Kier alpha value is -1.21. The van der Waals surface area contributed by atoms with Crippen molar-refractivity contribution in [1.29, 1.82) is 0 Å². The minimum absolute atomic E-state index is 0.0106. The second-order valence-corrected chi connectivity index (χ2v) is 6.99. The molecular weight excluding hydrogens is 335 g/mol. The van der Waals surface area contributed by atoms with Gasteiger partial charge in [0.15, 0.2) is 0 Å². The molecule has 1 aliphatic carbocycles. The molecule has 1 heterocycles. The quantitative estimate of drug-likeness (QED) is 0.862. The number of benzene rings is 1. The maximum atomic E-state index is 13.9. The fourth-order valence-corrected chi connectivity index (χ4v) is 3.96. The molecule has 7 heteroatoms. The van der Waals surface area contributed by atoms with Crippen LogP contribution in [0.1, 0.15) is 29.6 Å². The molecule has 5 nitrogen and oxygen atoms in total. The zero-order valence-electron chi connectivity index (χ0n) is 13.4. The van der Waals surface area contributed by atoms with Gasteiger partial charge in [-0.05, 0) is 31.0 Å². The summed E-state index contributed by atoms with van der Waals surface area (Å²) in [7, 11) is 0. The van der Waals surface area contributed by atoms with Gasteiger partial charge in [-0.15, -0.1) is 0 Å². The fraction of sp³-hybridized carbons (Fsp3) is 0.588. The van der Waals surface area contributed by atoms with E-state index in [0.717, 1.165) is 0 Å². The van der Waals surface area contributed by atoms with Crippen molar-refractivity contribution in [3.8, 4) is 0 Å². The van der Waals surface area contributed by atoms with Crippen molar-refractivity contribution in [3.05, 3.63) is 34.6 Å². The Labute approximate surface area is 145 Å². The van der Waals surface area contributed by atoms with Gasteiger partial charge in [0.1, 0.15) is 5.82 Å². The molecule has 1 amide bonds. The SMILES string of the molecule is NCCO[C@@H]1C[C@H](O)C12CCN(C(=O)c1cc(Cl)ccc1F)CC2. The van der Waals surface area contributed by atoms with Crippen molar-refractivity contribution in [2.45, 2.75) is 31.5 Å². The largest absolute Gasteiger partial charge is 0.392 e. The monoisotopic (exact) mass is 356 g/mol. The Morgan fingerprint density at radius 1 is 1.46 bits per heavy atom. The molecule has 0 radical (unpaired) electrons. The van der Waals surface area contributed by atoms with Crippen LogP contribution in [0.25, 0.3) is 0 Å². The fourth-order valence-electron chi connectivity index (χ4n) is 3.78. The lowest BCUT2D eigenvalue weighted by molar-refractivity contribution is -0.207. The van der Waals surface area contributed by atoms with E-state index in [-0.39, 0.29) is 23.0 Å². The number of nitrogens with zero attached hydrogens (tertiary/aromatic N) is 1. The van der Waals surface area contributed by atoms with E-state index < -0.39 is 11.9 Å². The van der Waals surface area contributed by atoms with Gasteiger partial charge in [-0.1, -0.05) is 11.6 Å². The number of aliphatic hydroxyl groups is 1. The zero-order chi connectivity index (χ0) is 17.3. The Morgan fingerprint density at radius 2 is 2.17 bits per heavy atom. The first-order valence-electron chi connectivity index (χ1n) is 8.22. The highest BCUT2D eigenvalue weighted by atomic mass is 35.5. The highest BCUT2D eigenvalue weighted by molar-refractivity contribution is 6.31. The zero-order valence-corrected chi connectivity index (χ0v) is 14.1. The van der Waals surface area contributed by atoms with Crippen LogP contribution in [0.5, 0.6) is 0 Å². The van der Waals surface area contributed by atoms with Crippen LogP contribution in [0.15, 0.2) is 18.2 Å². The average Bonchev–Trinajstić information content (AvgIpc) is 2.60. The standard InChI is InChI=1S/C17H22ClFN2O3/c18-11-1-2-13(19)12(9-11)16(23)21-6-3-17(4-7-21)14(22)10-15(17)24-8-5-20/h1-2,9,14-15,22H,3-8,10,20H2/t14-,15+/m0/s1. The minimum atomic E-state index is -0.572. The Balaban J connectivity index is 1.66. The van der Waals surface area contributed by atoms with E-state index in [1.807, 2.05) is 0 Å². The predicted octanol–water partition coefficient (Wildman–Crippen LogP) is 1.81. The lowest BCUT2D eigenvalue weighted by Crippen LogP contribution is -2.63. The van der Waals surface area contributed by atoms with Crippen molar-refractivity contribution in [2.75, 3.05) is 26.2 Å². The van der Waals surface area contributed by atoms with Gasteiger partial charge in [0.2, 0.25) is 0 Å². The van der Waals surface area contributed by atoms with Gasteiger partial charge in [-0.25, -0.2) is 4.39 Å². The van der Waals surface area contributed by atoms with Crippen molar-refractivity contribution < 1.29 is 19.0 Å². The van der Waals surface area contributed by atoms with E-state index in [2.05, 4.69) is 0 Å². The van der Waals surface area contributed by atoms with Crippen LogP contribution in [0.4, 0.5) is 4.39 Å². The number of aliphatic hydroxyl groups excluding tert-OH is 1. The summed E-state index contributed by atoms with van der Waals surface area (Å²) in [5.74, 6) is -0.935. The van der Waals surface area contributed by atoms with E-state index in [0.29, 0.717) is 50.5 Å². The number of nitrogens with two attached hydrogens (primary N) is 1. The molecule has 0 aromatic heterocycles. The molecule has 1 saturated heterocycles. The predicted molar refractivity (Wildman–Crippen MR) is 88.4 cm³/mol. The third kappa shape index (κ3) is 3.04. The Morgan fingerprint density at radius 3 is 2.79 bits per heavy atom. The maximum absolute atomic E-state index is 13.9. The lowest BCUT2D eigenvalue weighted by atomic mass is 9.58. The van der Waals surface area contributed by atoms with Gasteiger partial charge in [-0.2, -0.15) is 0 Å². The number of ether oxygens (including phenoxy) is 1. The highest BCUT2D eigenvalue weighted by Gasteiger charge is 2.56. The van der Waals surface area contributed by atoms with Crippen LogP contribution in [-0.2, 0) is 4.74 Å². The maximum Gasteiger partial charge on any atom is 0.256 e. The number of carbonyl (C=O) groups excluding carboxylic acids is 1. The molecule has 1 aromatic carbocycles. The number of amides is 1. The van der Waals surface area contributed by atoms with Gasteiger partial charge < -0.3 is 20.5 Å².